The van der Waals surface area contributed by atoms with Crippen LogP contribution in [-0.4, -0.2) is 53.4 Å². The number of H-pyrrole nitrogens is 1. The lowest BCUT2D eigenvalue weighted by molar-refractivity contribution is 0.0600. The molecule has 28 heavy (non-hydrogen) atoms. The van der Waals surface area contributed by atoms with Gasteiger partial charge in [-0.3, -0.25) is 4.57 Å². The maximum absolute atomic E-state index is 11.9. The second-order valence-corrected chi connectivity index (χ2v) is 8.16. The molecule has 156 valence electrons. The number of anilines is 2. The van der Waals surface area contributed by atoms with Crippen LogP contribution >= 0.6 is 0 Å². The van der Waals surface area contributed by atoms with Gasteiger partial charge in [0.2, 0.25) is 0 Å². The number of aryl methyl sites for hydroxylation is 1. The number of pyridine rings is 1. The molecule has 3 N–H and O–H groups in total. The molecule has 0 aliphatic carbocycles. The Morgan fingerprint density at radius 1 is 1.25 bits per heavy atom. The predicted molar refractivity (Wildman–Crippen MR) is 112 cm³/mol. The smallest absolute Gasteiger partial charge is 0.405 e. The monoisotopic (exact) mass is 392 g/mol. The number of primary amides is 1. The summed E-state index contributed by atoms with van der Waals surface area (Å²) in [6, 6.07) is 2.07. The van der Waals surface area contributed by atoms with Crippen molar-refractivity contribution >= 4 is 28.8 Å². The standard InChI is InChI=1S/C14H21N5O.C5H11NO2/c1-17(2)11-9-10(19-7-5-4-6-8-19)12-13(15-11)18(3)14(20)16-12;1-5(2,3)8-4(6)7/h9H,4-8H2,1-3H3,(H,16,20);1-3H3,(H2,6,7). The van der Waals surface area contributed by atoms with Gasteiger partial charge < -0.3 is 25.3 Å². The molecule has 1 saturated heterocycles. The van der Waals surface area contributed by atoms with Gasteiger partial charge in [0.1, 0.15) is 16.9 Å². The van der Waals surface area contributed by atoms with Gasteiger partial charge in [0.05, 0.1) is 5.69 Å². The zero-order chi connectivity index (χ0) is 21.1. The number of imidazole rings is 1. The number of hydrogen-bond acceptors (Lipinski definition) is 6. The quantitative estimate of drug-likeness (QED) is 0.811. The Balaban J connectivity index is 0.000000300. The van der Waals surface area contributed by atoms with Crippen LogP contribution in [-0.2, 0) is 11.8 Å². The molecule has 2 aromatic rings. The highest BCUT2D eigenvalue weighted by Gasteiger charge is 2.19. The van der Waals surface area contributed by atoms with E-state index < -0.39 is 11.7 Å². The molecule has 0 bridgehead atoms. The first-order valence-corrected chi connectivity index (χ1v) is 9.50. The Bertz CT molecular complexity index is 872. The van der Waals surface area contributed by atoms with Crippen molar-refractivity contribution in [1.82, 2.24) is 14.5 Å². The number of amides is 1. The fourth-order valence-electron chi connectivity index (χ4n) is 3.07. The second-order valence-electron chi connectivity index (χ2n) is 8.16. The number of nitrogens with two attached hydrogens (primary N) is 1. The molecule has 3 rings (SSSR count). The maximum Gasteiger partial charge on any atom is 0.405 e. The van der Waals surface area contributed by atoms with Gasteiger partial charge in [-0.25, -0.2) is 14.6 Å². The highest BCUT2D eigenvalue weighted by molar-refractivity contribution is 5.88. The third-order valence-corrected chi connectivity index (χ3v) is 4.38. The Kier molecular flexibility index (Phi) is 6.58. The summed E-state index contributed by atoms with van der Waals surface area (Å²) in [5, 5.41) is 0. The van der Waals surface area contributed by atoms with Crippen LogP contribution in [0.1, 0.15) is 40.0 Å². The topological polar surface area (TPSA) is 109 Å². The highest BCUT2D eigenvalue weighted by atomic mass is 16.6. The highest BCUT2D eigenvalue weighted by Crippen LogP contribution is 2.29. The number of ether oxygens (including phenoxy) is 1. The van der Waals surface area contributed by atoms with Gasteiger partial charge >= 0.3 is 11.8 Å². The van der Waals surface area contributed by atoms with E-state index in [4.69, 9.17) is 5.73 Å². The van der Waals surface area contributed by atoms with Crippen LogP contribution in [0.4, 0.5) is 16.3 Å². The summed E-state index contributed by atoms with van der Waals surface area (Å²) in [5.41, 5.74) is 6.82. The number of fused-ring (bicyclic) bond motifs is 1. The fraction of sp³-hybridized carbons (Fsp3) is 0.632. The zero-order valence-corrected chi connectivity index (χ0v) is 17.7. The number of aromatic nitrogens is 3. The molecule has 1 aliphatic rings. The summed E-state index contributed by atoms with van der Waals surface area (Å²) in [4.78, 5) is 33.8. The summed E-state index contributed by atoms with van der Waals surface area (Å²) >= 11 is 0. The maximum atomic E-state index is 11.9. The summed E-state index contributed by atoms with van der Waals surface area (Å²) < 4.78 is 6.16. The first kappa shape index (κ1) is 21.6. The van der Waals surface area contributed by atoms with Crippen molar-refractivity contribution in [2.24, 2.45) is 12.8 Å². The Morgan fingerprint density at radius 3 is 2.32 bits per heavy atom. The van der Waals surface area contributed by atoms with Crippen molar-refractivity contribution < 1.29 is 9.53 Å². The van der Waals surface area contributed by atoms with Gasteiger partial charge in [-0.1, -0.05) is 0 Å². The molecule has 9 heteroatoms. The molecule has 1 aliphatic heterocycles. The molecule has 1 amide bonds. The number of nitrogens with one attached hydrogen (secondary N) is 1. The lowest BCUT2D eigenvalue weighted by atomic mass is 10.1. The Labute approximate surface area is 165 Å². The molecule has 0 atom stereocenters. The van der Waals surface area contributed by atoms with E-state index in [2.05, 4.69) is 25.7 Å². The Hall–Kier alpha value is -2.71. The number of nitrogens with zero attached hydrogens (tertiary/aromatic N) is 4. The van der Waals surface area contributed by atoms with E-state index in [9.17, 15) is 9.59 Å². The van der Waals surface area contributed by atoms with Gasteiger partial charge in [0.25, 0.3) is 0 Å². The van der Waals surface area contributed by atoms with Gasteiger partial charge in [-0.2, -0.15) is 0 Å². The first-order valence-electron chi connectivity index (χ1n) is 9.50. The minimum Gasteiger partial charge on any atom is -0.444 e. The summed E-state index contributed by atoms with van der Waals surface area (Å²) in [6.07, 6.45) is 2.98. The van der Waals surface area contributed by atoms with Crippen LogP contribution < -0.4 is 21.2 Å². The molecule has 3 heterocycles. The van der Waals surface area contributed by atoms with Gasteiger partial charge in [0, 0.05) is 40.3 Å². The number of carbonyl (C=O) groups excluding carboxylic acids is 1. The third kappa shape index (κ3) is 5.40. The Morgan fingerprint density at radius 2 is 1.86 bits per heavy atom. The van der Waals surface area contributed by atoms with Crippen molar-refractivity contribution in [2.75, 3.05) is 37.0 Å². The van der Waals surface area contributed by atoms with Crippen LogP contribution in [0, 0.1) is 0 Å². The van der Waals surface area contributed by atoms with Crippen molar-refractivity contribution in [3.8, 4) is 0 Å². The fourth-order valence-corrected chi connectivity index (χ4v) is 3.07. The molecule has 0 unspecified atom stereocenters. The average molecular weight is 393 g/mol. The summed E-state index contributed by atoms with van der Waals surface area (Å²) in [6.45, 7) is 7.37. The lowest BCUT2D eigenvalue weighted by Crippen LogP contribution is -2.30. The molecule has 9 nitrogen and oxygen atoms in total. The van der Waals surface area contributed by atoms with Gasteiger partial charge in [-0.05, 0) is 40.0 Å². The largest absolute Gasteiger partial charge is 0.444 e. The van der Waals surface area contributed by atoms with E-state index in [-0.39, 0.29) is 5.69 Å². The summed E-state index contributed by atoms with van der Waals surface area (Å²) in [7, 11) is 5.70. The molecule has 1 fully saturated rings. The molecular formula is C19H32N6O3. The van der Waals surface area contributed by atoms with Crippen LogP contribution in [0.25, 0.3) is 11.2 Å². The number of hydrogen-bond donors (Lipinski definition) is 2. The van der Waals surface area contributed by atoms with Gasteiger partial charge in [0.15, 0.2) is 5.65 Å². The van der Waals surface area contributed by atoms with Crippen molar-refractivity contribution in [3.05, 3.63) is 16.6 Å². The molecule has 2 aromatic heterocycles. The van der Waals surface area contributed by atoms with E-state index >= 15 is 0 Å². The van der Waals surface area contributed by atoms with Crippen molar-refractivity contribution in [2.45, 2.75) is 45.6 Å². The molecule has 0 spiro atoms. The second kappa shape index (κ2) is 8.53. The molecule has 0 aromatic carbocycles. The number of piperidine rings is 1. The van der Waals surface area contributed by atoms with Crippen LogP contribution in [0.15, 0.2) is 10.9 Å². The van der Waals surface area contributed by atoms with Crippen LogP contribution in [0.5, 0.6) is 0 Å². The number of aromatic amines is 1. The third-order valence-electron chi connectivity index (χ3n) is 4.38. The average Bonchev–Trinajstić information content (AvgIpc) is 2.88. The summed E-state index contributed by atoms with van der Waals surface area (Å²) in [5.74, 6) is 0.882. The predicted octanol–water partition coefficient (Wildman–Crippen LogP) is 2.20. The zero-order valence-electron chi connectivity index (χ0n) is 17.7. The van der Waals surface area contributed by atoms with Crippen molar-refractivity contribution in [1.29, 1.82) is 0 Å². The number of carbonyl (C=O) groups is 1. The molecule has 0 radical (unpaired) electrons. The lowest BCUT2D eigenvalue weighted by Gasteiger charge is -2.29. The molecular weight excluding hydrogens is 360 g/mol. The minimum atomic E-state index is -0.725. The van der Waals surface area contributed by atoms with Crippen LogP contribution in [0.3, 0.4) is 0 Å². The van der Waals surface area contributed by atoms with E-state index in [0.717, 1.165) is 35.8 Å². The van der Waals surface area contributed by atoms with Crippen molar-refractivity contribution in [3.63, 3.8) is 0 Å². The van der Waals surface area contributed by atoms with Crippen LogP contribution in [0.2, 0.25) is 0 Å². The number of rotatable bonds is 2. The van der Waals surface area contributed by atoms with E-state index in [1.807, 2.05) is 19.0 Å². The normalized spacial score (nSPS) is 14.4. The SMILES string of the molecule is CC(C)(C)OC(N)=O.CN(C)c1cc(N2CCCCC2)c2[nH]c(=O)n(C)c2n1. The van der Waals surface area contributed by atoms with E-state index in [1.54, 1.807) is 32.4 Å². The van der Waals surface area contributed by atoms with E-state index in [1.165, 1.54) is 19.3 Å². The van der Waals surface area contributed by atoms with E-state index in [0.29, 0.717) is 0 Å². The molecule has 0 saturated carbocycles. The van der Waals surface area contributed by atoms with Gasteiger partial charge in [-0.15, -0.1) is 0 Å². The first-order chi connectivity index (χ1) is 13.0. The minimum absolute atomic E-state index is 0.110.